The van der Waals surface area contributed by atoms with E-state index in [1.54, 1.807) is 37.4 Å². The maximum Gasteiger partial charge on any atom is 0.240 e. The third kappa shape index (κ3) is 5.60. The van der Waals surface area contributed by atoms with Gasteiger partial charge in [-0.2, -0.15) is 0 Å². The fourth-order valence-electron chi connectivity index (χ4n) is 1.69. The van der Waals surface area contributed by atoms with Gasteiger partial charge in [0.15, 0.2) is 0 Å². The van der Waals surface area contributed by atoms with Crippen LogP contribution in [0.5, 0.6) is 0 Å². The zero-order chi connectivity index (χ0) is 15.2. The lowest BCUT2D eigenvalue weighted by molar-refractivity contribution is 0.556. The summed E-state index contributed by atoms with van der Waals surface area (Å²) >= 11 is 0. The maximum absolute atomic E-state index is 12.1. The first-order chi connectivity index (χ1) is 9.35. The van der Waals surface area contributed by atoms with Crippen molar-refractivity contribution in [1.29, 1.82) is 0 Å². The Morgan fingerprint density at radius 1 is 1.25 bits per heavy atom. The second-order valence-electron chi connectivity index (χ2n) is 4.64. The van der Waals surface area contributed by atoms with Crippen LogP contribution < -0.4 is 10.0 Å². The fraction of sp³-hybridized carbons (Fsp3) is 0.538. The summed E-state index contributed by atoms with van der Waals surface area (Å²) in [6, 6.07) is 6.39. The molecular weight excluding hydrogens is 296 g/mol. The maximum atomic E-state index is 12.1. The molecule has 1 aromatic carbocycles. The van der Waals surface area contributed by atoms with E-state index < -0.39 is 20.8 Å². The van der Waals surface area contributed by atoms with Gasteiger partial charge in [-0.25, -0.2) is 13.1 Å². The molecule has 1 aromatic rings. The van der Waals surface area contributed by atoms with Gasteiger partial charge in [-0.1, -0.05) is 0 Å². The van der Waals surface area contributed by atoms with E-state index in [0.29, 0.717) is 12.2 Å². The predicted molar refractivity (Wildman–Crippen MR) is 83.9 cm³/mol. The van der Waals surface area contributed by atoms with Crippen LogP contribution in [0, 0.1) is 0 Å². The van der Waals surface area contributed by atoms with Crippen LogP contribution >= 0.6 is 0 Å². The second-order valence-corrected chi connectivity index (χ2v) is 7.91. The molecule has 0 saturated heterocycles. The topological polar surface area (TPSA) is 75.3 Å². The Balaban J connectivity index is 2.70. The molecule has 2 atom stereocenters. The van der Waals surface area contributed by atoms with E-state index in [0.717, 1.165) is 12.2 Å². The van der Waals surface area contributed by atoms with Gasteiger partial charge in [-0.15, -0.1) is 0 Å². The van der Waals surface area contributed by atoms with Crippen LogP contribution in [0.15, 0.2) is 29.2 Å². The van der Waals surface area contributed by atoms with Gasteiger partial charge in [0.1, 0.15) is 0 Å². The first-order valence-electron chi connectivity index (χ1n) is 6.51. The molecular formula is C13H22N2O3S2. The van der Waals surface area contributed by atoms with Gasteiger partial charge in [0.25, 0.3) is 0 Å². The molecule has 0 aliphatic carbocycles. The van der Waals surface area contributed by atoms with Crippen molar-refractivity contribution in [2.75, 3.05) is 23.9 Å². The number of rotatable bonds is 8. The van der Waals surface area contributed by atoms with Crippen molar-refractivity contribution in [3.05, 3.63) is 24.3 Å². The SMILES string of the molecule is CCNc1ccc(S(=O)(=O)NC(C)CCS(C)=O)cc1. The van der Waals surface area contributed by atoms with Crippen LogP contribution in [0.2, 0.25) is 0 Å². The van der Waals surface area contributed by atoms with E-state index in [-0.39, 0.29) is 10.9 Å². The van der Waals surface area contributed by atoms with Crippen molar-refractivity contribution in [3.63, 3.8) is 0 Å². The van der Waals surface area contributed by atoms with Gasteiger partial charge in [0, 0.05) is 41.1 Å². The van der Waals surface area contributed by atoms with E-state index in [1.807, 2.05) is 6.92 Å². The minimum atomic E-state index is -3.52. The molecule has 20 heavy (non-hydrogen) atoms. The van der Waals surface area contributed by atoms with Gasteiger partial charge in [0.05, 0.1) is 4.90 Å². The van der Waals surface area contributed by atoms with E-state index >= 15 is 0 Å². The summed E-state index contributed by atoms with van der Waals surface area (Å²) in [4.78, 5) is 0.239. The Morgan fingerprint density at radius 3 is 2.35 bits per heavy atom. The quantitative estimate of drug-likeness (QED) is 0.762. The van der Waals surface area contributed by atoms with Crippen molar-refractivity contribution in [2.24, 2.45) is 0 Å². The molecule has 2 unspecified atom stereocenters. The summed E-state index contributed by atoms with van der Waals surface area (Å²) in [5.74, 6) is 0.489. The Bertz CT molecular complexity index is 541. The molecule has 7 heteroatoms. The van der Waals surface area contributed by atoms with Crippen LogP contribution in [0.1, 0.15) is 20.3 Å². The molecule has 0 aliphatic heterocycles. The highest BCUT2D eigenvalue weighted by molar-refractivity contribution is 7.89. The number of sulfonamides is 1. The van der Waals surface area contributed by atoms with Gasteiger partial charge in [0.2, 0.25) is 10.0 Å². The largest absolute Gasteiger partial charge is 0.385 e. The van der Waals surface area contributed by atoms with E-state index in [2.05, 4.69) is 10.0 Å². The highest BCUT2D eigenvalue weighted by Crippen LogP contribution is 2.14. The van der Waals surface area contributed by atoms with Crippen molar-refractivity contribution < 1.29 is 12.6 Å². The first-order valence-corrected chi connectivity index (χ1v) is 9.72. The monoisotopic (exact) mass is 318 g/mol. The third-order valence-corrected chi connectivity index (χ3v) is 5.16. The summed E-state index contributed by atoms with van der Waals surface area (Å²) < 4.78 is 37.9. The van der Waals surface area contributed by atoms with Gasteiger partial charge in [-0.3, -0.25) is 4.21 Å². The Morgan fingerprint density at radius 2 is 1.85 bits per heavy atom. The number of hydrogen-bond donors (Lipinski definition) is 2. The van der Waals surface area contributed by atoms with Gasteiger partial charge < -0.3 is 5.32 Å². The van der Waals surface area contributed by atoms with Crippen LogP contribution in [0.3, 0.4) is 0 Å². The standard InChI is InChI=1S/C13H22N2O3S2/c1-4-14-12-5-7-13(8-6-12)20(17,18)15-11(2)9-10-19(3)16/h5-8,11,14-15H,4,9-10H2,1-3H3. The number of anilines is 1. The van der Waals surface area contributed by atoms with Crippen molar-refractivity contribution in [1.82, 2.24) is 4.72 Å². The molecule has 0 saturated carbocycles. The van der Waals surface area contributed by atoms with Crippen LogP contribution in [-0.4, -0.2) is 37.2 Å². The molecule has 0 spiro atoms. The smallest absolute Gasteiger partial charge is 0.240 e. The summed E-state index contributed by atoms with van der Waals surface area (Å²) in [5, 5.41) is 3.11. The summed E-state index contributed by atoms with van der Waals surface area (Å²) in [6.45, 7) is 4.54. The Kier molecular flexibility index (Phi) is 6.64. The predicted octanol–water partition coefficient (Wildman–Crippen LogP) is 1.55. The molecule has 0 amide bonds. The molecule has 0 fully saturated rings. The summed E-state index contributed by atoms with van der Waals surface area (Å²) in [7, 11) is -4.42. The third-order valence-electron chi connectivity index (χ3n) is 2.74. The number of benzene rings is 1. The molecule has 0 heterocycles. The molecule has 0 aliphatic rings. The lowest BCUT2D eigenvalue weighted by atomic mass is 10.3. The average molecular weight is 318 g/mol. The van der Waals surface area contributed by atoms with E-state index in [1.165, 1.54) is 0 Å². The highest BCUT2D eigenvalue weighted by atomic mass is 32.2. The molecule has 0 radical (unpaired) electrons. The molecule has 2 N–H and O–H groups in total. The normalized spacial score (nSPS) is 14.8. The zero-order valence-electron chi connectivity index (χ0n) is 12.0. The van der Waals surface area contributed by atoms with Crippen LogP contribution in [0.25, 0.3) is 0 Å². The molecule has 1 rings (SSSR count). The number of nitrogens with one attached hydrogen (secondary N) is 2. The Labute approximate surface area is 123 Å². The highest BCUT2D eigenvalue weighted by Gasteiger charge is 2.17. The lowest BCUT2D eigenvalue weighted by Crippen LogP contribution is -2.33. The van der Waals surface area contributed by atoms with Crippen LogP contribution in [0.4, 0.5) is 5.69 Å². The Hall–Kier alpha value is -0.920. The minimum Gasteiger partial charge on any atom is -0.385 e. The van der Waals surface area contributed by atoms with Crippen molar-refractivity contribution in [2.45, 2.75) is 31.2 Å². The fourth-order valence-corrected chi connectivity index (χ4v) is 3.65. The molecule has 114 valence electrons. The second kappa shape index (κ2) is 7.75. The zero-order valence-corrected chi connectivity index (χ0v) is 13.7. The van der Waals surface area contributed by atoms with E-state index in [4.69, 9.17) is 0 Å². The van der Waals surface area contributed by atoms with Crippen LogP contribution in [-0.2, 0) is 20.8 Å². The van der Waals surface area contributed by atoms with Gasteiger partial charge in [-0.05, 0) is 44.5 Å². The minimum absolute atomic E-state index is 0.239. The molecule has 5 nitrogen and oxygen atoms in total. The first kappa shape index (κ1) is 17.1. The van der Waals surface area contributed by atoms with Gasteiger partial charge >= 0.3 is 0 Å². The van der Waals surface area contributed by atoms with Crippen molar-refractivity contribution in [3.8, 4) is 0 Å². The summed E-state index contributed by atoms with van der Waals surface area (Å²) in [5.41, 5.74) is 0.890. The summed E-state index contributed by atoms with van der Waals surface area (Å²) in [6.07, 6.45) is 2.17. The number of hydrogen-bond acceptors (Lipinski definition) is 4. The lowest BCUT2D eigenvalue weighted by Gasteiger charge is -2.14. The molecule has 0 bridgehead atoms. The average Bonchev–Trinajstić information content (AvgIpc) is 2.37. The molecule has 0 aromatic heterocycles. The van der Waals surface area contributed by atoms with Crippen molar-refractivity contribution >= 4 is 26.5 Å². The van der Waals surface area contributed by atoms with E-state index in [9.17, 15) is 12.6 Å².